The lowest BCUT2D eigenvalue weighted by atomic mass is 10.0. The van der Waals surface area contributed by atoms with Crippen molar-refractivity contribution in [2.45, 2.75) is 12.8 Å². The van der Waals surface area contributed by atoms with Crippen molar-refractivity contribution < 1.29 is 4.79 Å². The van der Waals surface area contributed by atoms with E-state index >= 15 is 0 Å². The van der Waals surface area contributed by atoms with Crippen molar-refractivity contribution in [1.82, 2.24) is 19.7 Å². The molecule has 1 aromatic carbocycles. The molecule has 0 fully saturated rings. The number of carbonyl (C=O) groups excluding carboxylic acids is 1. The molecule has 0 saturated heterocycles. The summed E-state index contributed by atoms with van der Waals surface area (Å²) in [5.41, 5.74) is 1.39. The largest absolute Gasteiger partial charge is 0.287 e. The minimum Gasteiger partial charge on any atom is -0.287 e. The molecule has 0 aliphatic rings. The zero-order valence-corrected chi connectivity index (χ0v) is 13.7. The normalized spacial score (nSPS) is 10.7. The molecule has 0 aliphatic heterocycles. The summed E-state index contributed by atoms with van der Waals surface area (Å²) in [6.45, 7) is 1.80. The van der Waals surface area contributed by atoms with Gasteiger partial charge in [-0.05, 0) is 37.3 Å². The van der Waals surface area contributed by atoms with Crippen LogP contribution in [0.2, 0.25) is 5.02 Å². The average Bonchev–Trinajstić information content (AvgIpc) is 2.95. The van der Waals surface area contributed by atoms with Crippen molar-refractivity contribution in [3.8, 4) is 5.69 Å². The molecule has 2 aromatic heterocycles. The van der Waals surface area contributed by atoms with E-state index in [1.54, 1.807) is 54.1 Å². The number of pyridine rings is 1. The Labute approximate surface area is 142 Å². The molecular formula is C16H12Cl2N4O. The van der Waals surface area contributed by atoms with Crippen LogP contribution < -0.4 is 0 Å². The Morgan fingerprint density at radius 3 is 2.74 bits per heavy atom. The molecule has 3 rings (SSSR count). The molecular weight excluding hydrogens is 335 g/mol. The lowest BCUT2D eigenvalue weighted by molar-refractivity contribution is 0.103. The van der Waals surface area contributed by atoms with Crippen molar-refractivity contribution >= 4 is 29.0 Å². The molecule has 0 spiro atoms. The minimum atomic E-state index is -0.225. The highest BCUT2D eigenvalue weighted by atomic mass is 35.5. The summed E-state index contributed by atoms with van der Waals surface area (Å²) >= 11 is 12.0. The van der Waals surface area contributed by atoms with E-state index in [1.807, 2.05) is 0 Å². The first-order chi connectivity index (χ1) is 11.1. The molecule has 3 aromatic rings. The second-order valence-corrected chi connectivity index (χ2v) is 5.54. The number of rotatable bonds is 4. The molecule has 7 heteroatoms. The number of aryl methyl sites for hydroxylation is 1. The standard InChI is InChI=1S/C16H12Cl2N4O/c1-10-20-21-15(9-17)22(10)14-6-5-11(18)8-12(14)16(23)13-4-2-3-7-19-13/h2-8H,9H2,1H3. The van der Waals surface area contributed by atoms with Gasteiger partial charge in [-0.3, -0.25) is 14.3 Å². The summed E-state index contributed by atoms with van der Waals surface area (Å²) in [5.74, 6) is 1.15. The lowest BCUT2D eigenvalue weighted by Gasteiger charge is -2.12. The Morgan fingerprint density at radius 2 is 2.04 bits per heavy atom. The van der Waals surface area contributed by atoms with Crippen LogP contribution in [0, 0.1) is 6.92 Å². The van der Waals surface area contributed by atoms with Crippen LogP contribution >= 0.6 is 23.2 Å². The van der Waals surface area contributed by atoms with Crippen LogP contribution in [0.1, 0.15) is 27.7 Å². The third-order valence-corrected chi connectivity index (χ3v) is 3.83. The maximum atomic E-state index is 12.8. The lowest BCUT2D eigenvalue weighted by Crippen LogP contribution is -2.11. The molecule has 0 unspecified atom stereocenters. The van der Waals surface area contributed by atoms with Gasteiger partial charge in [0.15, 0.2) is 5.82 Å². The Bertz CT molecular complexity index is 862. The van der Waals surface area contributed by atoms with Gasteiger partial charge in [0.2, 0.25) is 5.78 Å². The van der Waals surface area contributed by atoms with Crippen LogP contribution in [-0.4, -0.2) is 25.5 Å². The van der Waals surface area contributed by atoms with Crippen LogP contribution in [0.15, 0.2) is 42.6 Å². The van der Waals surface area contributed by atoms with Crippen LogP contribution in [0.25, 0.3) is 5.69 Å². The zero-order valence-electron chi connectivity index (χ0n) is 12.2. The molecule has 0 N–H and O–H groups in total. The topological polar surface area (TPSA) is 60.7 Å². The van der Waals surface area contributed by atoms with Crippen LogP contribution in [0.4, 0.5) is 0 Å². The molecule has 0 atom stereocenters. The summed E-state index contributed by atoms with van der Waals surface area (Å²) in [7, 11) is 0. The van der Waals surface area contributed by atoms with E-state index in [0.717, 1.165) is 0 Å². The third kappa shape index (κ3) is 2.98. The van der Waals surface area contributed by atoms with E-state index in [0.29, 0.717) is 33.6 Å². The number of aromatic nitrogens is 4. The van der Waals surface area contributed by atoms with Crippen molar-refractivity contribution in [3.63, 3.8) is 0 Å². The summed E-state index contributed by atoms with van der Waals surface area (Å²) in [4.78, 5) is 16.9. The quantitative estimate of drug-likeness (QED) is 0.535. The van der Waals surface area contributed by atoms with Gasteiger partial charge in [-0.15, -0.1) is 21.8 Å². The van der Waals surface area contributed by atoms with Gasteiger partial charge >= 0.3 is 0 Å². The van der Waals surface area contributed by atoms with Crippen molar-refractivity contribution in [1.29, 1.82) is 0 Å². The van der Waals surface area contributed by atoms with Crippen LogP contribution in [0.5, 0.6) is 0 Å². The Kier molecular flexibility index (Phi) is 4.41. The molecule has 0 radical (unpaired) electrons. The van der Waals surface area contributed by atoms with Gasteiger partial charge in [0.05, 0.1) is 11.6 Å². The molecule has 5 nitrogen and oxygen atoms in total. The fourth-order valence-corrected chi connectivity index (χ4v) is 2.67. The number of carbonyl (C=O) groups is 1. The predicted octanol–water partition coefficient (Wildman–Crippen LogP) is 3.59. The molecule has 0 amide bonds. The van der Waals surface area contributed by atoms with Gasteiger partial charge in [0.25, 0.3) is 0 Å². The zero-order chi connectivity index (χ0) is 16.4. The SMILES string of the molecule is Cc1nnc(CCl)n1-c1ccc(Cl)cc1C(=O)c1ccccn1. The average molecular weight is 347 g/mol. The minimum absolute atomic E-state index is 0.181. The number of alkyl halides is 1. The second-order valence-electron chi connectivity index (χ2n) is 4.84. The highest BCUT2D eigenvalue weighted by molar-refractivity contribution is 6.31. The summed E-state index contributed by atoms with van der Waals surface area (Å²) in [6.07, 6.45) is 1.58. The fourth-order valence-electron chi connectivity index (χ4n) is 2.33. The van der Waals surface area contributed by atoms with Gasteiger partial charge in [0.1, 0.15) is 11.5 Å². The Balaban J connectivity index is 2.20. The van der Waals surface area contributed by atoms with Gasteiger partial charge in [-0.25, -0.2) is 0 Å². The van der Waals surface area contributed by atoms with Crippen LogP contribution in [-0.2, 0) is 5.88 Å². The maximum absolute atomic E-state index is 12.8. The van der Waals surface area contributed by atoms with Crippen LogP contribution in [0.3, 0.4) is 0 Å². The van der Waals surface area contributed by atoms with Gasteiger partial charge in [-0.1, -0.05) is 17.7 Å². The highest BCUT2D eigenvalue weighted by Gasteiger charge is 2.20. The van der Waals surface area contributed by atoms with Gasteiger partial charge in [-0.2, -0.15) is 0 Å². The number of benzene rings is 1. The van der Waals surface area contributed by atoms with E-state index in [-0.39, 0.29) is 11.7 Å². The first-order valence-corrected chi connectivity index (χ1v) is 7.75. The number of hydrogen-bond acceptors (Lipinski definition) is 4. The summed E-state index contributed by atoms with van der Waals surface area (Å²) in [5, 5.41) is 8.52. The fraction of sp³-hybridized carbons (Fsp3) is 0.125. The van der Waals surface area contributed by atoms with Crippen molar-refractivity contribution in [3.05, 3.63) is 70.5 Å². The number of halogens is 2. The Morgan fingerprint density at radius 1 is 1.22 bits per heavy atom. The molecule has 0 bridgehead atoms. The van der Waals surface area contributed by atoms with Gasteiger partial charge in [0, 0.05) is 16.8 Å². The van der Waals surface area contributed by atoms with E-state index in [4.69, 9.17) is 23.2 Å². The first-order valence-electron chi connectivity index (χ1n) is 6.84. The Hall–Kier alpha value is -2.24. The van der Waals surface area contributed by atoms with E-state index in [9.17, 15) is 4.79 Å². The molecule has 2 heterocycles. The predicted molar refractivity (Wildman–Crippen MR) is 88.3 cm³/mol. The van der Waals surface area contributed by atoms with Gasteiger partial charge < -0.3 is 0 Å². The second kappa shape index (κ2) is 6.48. The van der Waals surface area contributed by atoms with E-state index in [1.165, 1.54) is 0 Å². The van der Waals surface area contributed by atoms with Crippen molar-refractivity contribution in [2.75, 3.05) is 0 Å². The molecule has 0 saturated carbocycles. The molecule has 116 valence electrons. The maximum Gasteiger partial charge on any atom is 0.213 e. The van der Waals surface area contributed by atoms with Crippen molar-refractivity contribution in [2.24, 2.45) is 0 Å². The summed E-state index contributed by atoms with van der Waals surface area (Å²) < 4.78 is 1.75. The molecule has 23 heavy (non-hydrogen) atoms. The number of ketones is 1. The molecule has 0 aliphatic carbocycles. The third-order valence-electron chi connectivity index (χ3n) is 3.35. The number of hydrogen-bond donors (Lipinski definition) is 0. The summed E-state index contributed by atoms with van der Waals surface area (Å²) in [6, 6.07) is 10.3. The first kappa shape index (κ1) is 15.6. The number of nitrogens with zero attached hydrogens (tertiary/aromatic N) is 4. The smallest absolute Gasteiger partial charge is 0.213 e. The van der Waals surface area contributed by atoms with E-state index < -0.39 is 0 Å². The van der Waals surface area contributed by atoms with E-state index in [2.05, 4.69) is 15.2 Å². The monoisotopic (exact) mass is 346 g/mol. The highest BCUT2D eigenvalue weighted by Crippen LogP contribution is 2.24.